The van der Waals surface area contributed by atoms with Gasteiger partial charge in [-0.1, -0.05) is 28.1 Å². The fourth-order valence-corrected chi connectivity index (χ4v) is 3.26. The molecule has 4 rings (SSSR count). The van der Waals surface area contributed by atoms with Crippen LogP contribution >= 0.6 is 15.9 Å². The Morgan fingerprint density at radius 3 is 2.74 bits per heavy atom. The first-order chi connectivity index (χ1) is 11.2. The van der Waals surface area contributed by atoms with E-state index in [0.29, 0.717) is 5.75 Å². The number of hydrogen-bond acceptors (Lipinski definition) is 3. The van der Waals surface area contributed by atoms with Crippen LogP contribution in [0.5, 0.6) is 11.5 Å². The van der Waals surface area contributed by atoms with Crippen molar-refractivity contribution in [2.45, 2.75) is 0 Å². The number of imidazole rings is 1. The molecule has 4 aromatic rings. The average Bonchev–Trinajstić information content (AvgIpc) is 2.98. The molecule has 0 saturated heterocycles. The predicted molar refractivity (Wildman–Crippen MR) is 94.5 cm³/mol. The number of nitrogens with zero attached hydrogens (tertiary/aromatic N) is 2. The molecule has 5 heteroatoms. The molecular weight excluding hydrogens is 356 g/mol. The van der Waals surface area contributed by atoms with Crippen molar-refractivity contribution in [2.24, 2.45) is 0 Å². The van der Waals surface area contributed by atoms with Gasteiger partial charge in [0.25, 0.3) is 0 Å². The van der Waals surface area contributed by atoms with Gasteiger partial charge in [-0.05, 0) is 30.3 Å². The Bertz CT molecular complexity index is 1040. The number of phenolic OH excluding ortho intramolecular Hbond substituents is 1. The highest BCUT2D eigenvalue weighted by Crippen LogP contribution is 2.40. The Hall–Kier alpha value is -2.53. The van der Waals surface area contributed by atoms with Crippen molar-refractivity contribution in [3.8, 4) is 17.2 Å². The minimum Gasteiger partial charge on any atom is -0.504 e. The summed E-state index contributed by atoms with van der Waals surface area (Å²) in [6.07, 6.45) is 1.77. The lowest BCUT2D eigenvalue weighted by atomic mass is 10.1. The molecule has 0 bridgehead atoms. The van der Waals surface area contributed by atoms with Crippen LogP contribution in [0.15, 0.2) is 59.3 Å². The fourth-order valence-electron chi connectivity index (χ4n) is 2.90. The molecule has 1 heterocycles. The van der Waals surface area contributed by atoms with Crippen LogP contribution in [-0.2, 0) is 0 Å². The summed E-state index contributed by atoms with van der Waals surface area (Å²) >= 11 is 3.52. The molecule has 4 nitrogen and oxygen atoms in total. The zero-order chi connectivity index (χ0) is 16.0. The first-order valence-electron chi connectivity index (χ1n) is 7.10. The third-order valence-corrected chi connectivity index (χ3v) is 4.42. The Morgan fingerprint density at radius 1 is 1.09 bits per heavy atom. The van der Waals surface area contributed by atoms with Crippen LogP contribution < -0.4 is 4.74 Å². The van der Waals surface area contributed by atoms with Gasteiger partial charge in [0.05, 0.1) is 23.8 Å². The number of ether oxygens (including phenoxy) is 1. The topological polar surface area (TPSA) is 47.3 Å². The third-order valence-electron chi connectivity index (χ3n) is 3.93. The number of methoxy groups -OCH3 is 1. The van der Waals surface area contributed by atoms with E-state index in [4.69, 9.17) is 4.74 Å². The number of hydrogen-bond donors (Lipinski definition) is 1. The van der Waals surface area contributed by atoms with E-state index < -0.39 is 0 Å². The minimum absolute atomic E-state index is 0.107. The van der Waals surface area contributed by atoms with Crippen LogP contribution in [0.2, 0.25) is 0 Å². The lowest BCUT2D eigenvalue weighted by Gasteiger charge is -2.14. The molecule has 0 fully saturated rings. The molecule has 1 aromatic heterocycles. The quantitative estimate of drug-likeness (QED) is 0.559. The number of aromatic nitrogens is 2. The normalized spacial score (nSPS) is 11.2. The standard InChI is InChI=1S/C18H13BrN2O2/c1-23-18-12-7-6-11(19)8-13(12)16(9-17(18)22)21-10-20-14-4-2-3-5-15(14)21/h2-10,22H,1H3. The maximum absolute atomic E-state index is 10.4. The van der Waals surface area contributed by atoms with E-state index in [-0.39, 0.29) is 5.75 Å². The van der Waals surface area contributed by atoms with Crippen molar-refractivity contribution in [1.29, 1.82) is 0 Å². The van der Waals surface area contributed by atoms with Gasteiger partial charge in [0.2, 0.25) is 0 Å². The molecule has 0 atom stereocenters. The molecule has 1 N–H and O–H groups in total. The smallest absolute Gasteiger partial charge is 0.168 e. The van der Waals surface area contributed by atoms with E-state index in [1.807, 2.05) is 47.0 Å². The highest BCUT2D eigenvalue weighted by molar-refractivity contribution is 9.10. The number of halogens is 1. The van der Waals surface area contributed by atoms with E-state index in [9.17, 15) is 5.11 Å². The molecule has 114 valence electrons. The van der Waals surface area contributed by atoms with Gasteiger partial charge in [0.1, 0.15) is 6.33 Å². The first-order valence-corrected chi connectivity index (χ1v) is 7.90. The van der Waals surface area contributed by atoms with Crippen LogP contribution in [0.25, 0.3) is 27.5 Å². The summed E-state index contributed by atoms with van der Waals surface area (Å²) in [6.45, 7) is 0. The van der Waals surface area contributed by atoms with Gasteiger partial charge in [-0.25, -0.2) is 4.98 Å². The Balaban J connectivity index is 2.13. The molecule has 0 spiro atoms. The summed E-state index contributed by atoms with van der Waals surface area (Å²) in [7, 11) is 1.56. The molecule has 0 aliphatic heterocycles. The second-order valence-electron chi connectivity index (χ2n) is 5.24. The lowest BCUT2D eigenvalue weighted by molar-refractivity contribution is 0.378. The van der Waals surface area contributed by atoms with E-state index in [1.165, 1.54) is 0 Å². The maximum Gasteiger partial charge on any atom is 0.168 e. The molecule has 0 aliphatic carbocycles. The van der Waals surface area contributed by atoms with Crippen molar-refractivity contribution in [2.75, 3.05) is 7.11 Å². The zero-order valence-corrected chi connectivity index (χ0v) is 13.9. The number of fused-ring (bicyclic) bond motifs is 2. The SMILES string of the molecule is COc1c(O)cc(-n2cnc3ccccc32)c2cc(Br)ccc12. The van der Waals surface area contributed by atoms with E-state index in [1.54, 1.807) is 19.5 Å². The van der Waals surface area contributed by atoms with Crippen molar-refractivity contribution in [1.82, 2.24) is 9.55 Å². The van der Waals surface area contributed by atoms with Crippen LogP contribution in [0.4, 0.5) is 0 Å². The van der Waals surface area contributed by atoms with Crippen LogP contribution in [0.3, 0.4) is 0 Å². The summed E-state index contributed by atoms with van der Waals surface area (Å²) in [5.74, 6) is 0.579. The lowest BCUT2D eigenvalue weighted by Crippen LogP contribution is -1.96. The number of benzene rings is 3. The summed E-state index contributed by atoms with van der Waals surface area (Å²) in [6, 6.07) is 15.5. The number of para-hydroxylation sites is 2. The second-order valence-corrected chi connectivity index (χ2v) is 6.16. The van der Waals surface area contributed by atoms with Gasteiger partial charge in [-0.2, -0.15) is 0 Å². The van der Waals surface area contributed by atoms with Crippen LogP contribution in [0.1, 0.15) is 0 Å². The molecule has 0 aliphatic rings. The highest BCUT2D eigenvalue weighted by Gasteiger charge is 2.15. The summed E-state index contributed by atoms with van der Waals surface area (Å²) in [5.41, 5.74) is 2.75. The molecule has 0 saturated carbocycles. The van der Waals surface area contributed by atoms with E-state index in [2.05, 4.69) is 20.9 Å². The molecule has 23 heavy (non-hydrogen) atoms. The van der Waals surface area contributed by atoms with Crippen LogP contribution in [-0.4, -0.2) is 21.8 Å². The predicted octanol–water partition coefficient (Wildman–Crippen LogP) is 4.66. The minimum atomic E-state index is 0.107. The molecular formula is C18H13BrN2O2. The Kier molecular flexibility index (Phi) is 3.23. The Labute approximate surface area is 141 Å². The zero-order valence-electron chi connectivity index (χ0n) is 12.3. The fraction of sp³-hybridized carbons (Fsp3) is 0.0556. The largest absolute Gasteiger partial charge is 0.504 e. The van der Waals surface area contributed by atoms with E-state index >= 15 is 0 Å². The van der Waals surface area contributed by atoms with Gasteiger partial charge in [-0.15, -0.1) is 0 Å². The molecule has 3 aromatic carbocycles. The molecule has 0 amide bonds. The van der Waals surface area contributed by atoms with Gasteiger partial charge < -0.3 is 9.84 Å². The average molecular weight is 369 g/mol. The summed E-state index contributed by atoms with van der Waals surface area (Å²) in [4.78, 5) is 4.43. The summed E-state index contributed by atoms with van der Waals surface area (Å²) in [5, 5.41) is 12.2. The van der Waals surface area contributed by atoms with Crippen molar-refractivity contribution in [3.63, 3.8) is 0 Å². The van der Waals surface area contributed by atoms with Crippen LogP contribution in [0, 0.1) is 0 Å². The van der Waals surface area contributed by atoms with Gasteiger partial charge in [-0.3, -0.25) is 4.57 Å². The highest BCUT2D eigenvalue weighted by atomic mass is 79.9. The third kappa shape index (κ3) is 2.16. The van der Waals surface area contributed by atoms with Crippen molar-refractivity contribution < 1.29 is 9.84 Å². The second kappa shape index (κ2) is 5.28. The van der Waals surface area contributed by atoms with Gasteiger partial charge >= 0.3 is 0 Å². The molecule has 0 radical (unpaired) electrons. The van der Waals surface area contributed by atoms with Crippen molar-refractivity contribution >= 4 is 37.7 Å². The van der Waals surface area contributed by atoms with E-state index in [0.717, 1.165) is 32.0 Å². The maximum atomic E-state index is 10.4. The molecule has 0 unspecified atom stereocenters. The summed E-state index contributed by atoms with van der Waals surface area (Å²) < 4.78 is 8.30. The Morgan fingerprint density at radius 2 is 1.91 bits per heavy atom. The van der Waals surface area contributed by atoms with Crippen molar-refractivity contribution in [3.05, 3.63) is 59.3 Å². The first kappa shape index (κ1) is 14.1. The number of rotatable bonds is 2. The number of aromatic hydroxyl groups is 1. The number of phenols is 1. The monoisotopic (exact) mass is 368 g/mol. The van der Waals surface area contributed by atoms with Gasteiger partial charge in [0, 0.05) is 21.3 Å². The van der Waals surface area contributed by atoms with Gasteiger partial charge in [0.15, 0.2) is 11.5 Å².